The minimum absolute atomic E-state index is 0.626. The Morgan fingerprint density at radius 2 is 1.55 bits per heavy atom. The highest BCUT2D eigenvalue weighted by atomic mass is 15.3. The summed E-state index contributed by atoms with van der Waals surface area (Å²) in [7, 11) is 0. The van der Waals surface area contributed by atoms with Gasteiger partial charge in [0.1, 0.15) is 0 Å². The standard InChI is InChI=1S/C18H28N2/c1-14(2)16-4-6-17(7-5-16)19-8-10-20(11-9-19)18-12-15(3)13-18/h4-7,14-15,18H,8-13H2,1-3H3. The Bertz CT molecular complexity index is 423. The first-order valence-corrected chi connectivity index (χ1v) is 8.22. The van der Waals surface area contributed by atoms with Crippen LogP contribution in [0.1, 0.15) is 45.1 Å². The van der Waals surface area contributed by atoms with Crippen LogP contribution in [0.15, 0.2) is 24.3 Å². The van der Waals surface area contributed by atoms with E-state index >= 15 is 0 Å². The molecule has 0 bridgehead atoms. The SMILES string of the molecule is CC1CC(N2CCN(c3ccc(C(C)C)cc3)CC2)C1. The molecule has 20 heavy (non-hydrogen) atoms. The molecule has 2 fully saturated rings. The number of hydrogen-bond donors (Lipinski definition) is 0. The van der Waals surface area contributed by atoms with Crippen molar-refractivity contribution in [3.05, 3.63) is 29.8 Å². The highest BCUT2D eigenvalue weighted by Crippen LogP contribution is 2.32. The predicted octanol–water partition coefficient (Wildman–Crippen LogP) is 3.73. The molecule has 2 heteroatoms. The molecule has 1 aromatic rings. The summed E-state index contributed by atoms with van der Waals surface area (Å²) in [6.07, 6.45) is 2.84. The first-order chi connectivity index (χ1) is 9.63. The van der Waals surface area contributed by atoms with Crippen molar-refractivity contribution in [3.63, 3.8) is 0 Å². The van der Waals surface area contributed by atoms with E-state index in [0.29, 0.717) is 5.92 Å². The third kappa shape index (κ3) is 2.85. The molecule has 1 aliphatic carbocycles. The second-order valence-corrected chi connectivity index (χ2v) is 7.00. The van der Waals surface area contributed by atoms with Crippen LogP contribution in [0, 0.1) is 5.92 Å². The normalized spacial score (nSPS) is 27.7. The van der Waals surface area contributed by atoms with Crippen LogP contribution in [0.2, 0.25) is 0 Å². The van der Waals surface area contributed by atoms with Gasteiger partial charge in [-0.05, 0) is 42.4 Å². The van der Waals surface area contributed by atoms with Gasteiger partial charge >= 0.3 is 0 Å². The van der Waals surface area contributed by atoms with E-state index in [2.05, 4.69) is 54.8 Å². The van der Waals surface area contributed by atoms with Gasteiger partial charge in [0, 0.05) is 37.9 Å². The molecular weight excluding hydrogens is 244 g/mol. The predicted molar refractivity (Wildman–Crippen MR) is 86.5 cm³/mol. The van der Waals surface area contributed by atoms with Crippen LogP contribution in [-0.2, 0) is 0 Å². The third-order valence-corrected chi connectivity index (χ3v) is 5.10. The van der Waals surface area contributed by atoms with E-state index in [9.17, 15) is 0 Å². The second kappa shape index (κ2) is 5.77. The number of hydrogen-bond acceptors (Lipinski definition) is 2. The van der Waals surface area contributed by atoms with E-state index < -0.39 is 0 Å². The highest BCUT2D eigenvalue weighted by Gasteiger charge is 2.32. The summed E-state index contributed by atoms with van der Waals surface area (Å²) < 4.78 is 0. The lowest BCUT2D eigenvalue weighted by atomic mass is 9.80. The molecule has 1 heterocycles. The smallest absolute Gasteiger partial charge is 0.0367 e. The maximum absolute atomic E-state index is 2.71. The van der Waals surface area contributed by atoms with Gasteiger partial charge in [-0.3, -0.25) is 4.90 Å². The molecule has 1 saturated carbocycles. The van der Waals surface area contributed by atoms with E-state index in [1.807, 2.05) is 0 Å². The maximum Gasteiger partial charge on any atom is 0.0367 e. The number of benzene rings is 1. The molecule has 0 unspecified atom stereocenters. The molecule has 2 aliphatic rings. The van der Waals surface area contributed by atoms with Crippen LogP contribution in [0.4, 0.5) is 5.69 Å². The van der Waals surface area contributed by atoms with Gasteiger partial charge in [0.2, 0.25) is 0 Å². The van der Waals surface area contributed by atoms with E-state index in [0.717, 1.165) is 12.0 Å². The third-order valence-electron chi connectivity index (χ3n) is 5.10. The molecule has 0 aromatic heterocycles. The number of piperazine rings is 1. The molecule has 110 valence electrons. The summed E-state index contributed by atoms with van der Waals surface area (Å²) >= 11 is 0. The van der Waals surface area contributed by atoms with Crippen molar-refractivity contribution >= 4 is 5.69 Å². The zero-order valence-electron chi connectivity index (χ0n) is 13.2. The van der Waals surface area contributed by atoms with E-state index in [1.165, 1.54) is 50.3 Å². The summed E-state index contributed by atoms with van der Waals surface area (Å²) in [5, 5.41) is 0. The average molecular weight is 272 g/mol. The van der Waals surface area contributed by atoms with Crippen molar-refractivity contribution < 1.29 is 0 Å². The Hall–Kier alpha value is -1.02. The van der Waals surface area contributed by atoms with Crippen LogP contribution in [0.25, 0.3) is 0 Å². The molecule has 0 amide bonds. The van der Waals surface area contributed by atoms with Crippen molar-refractivity contribution in [3.8, 4) is 0 Å². The maximum atomic E-state index is 2.71. The van der Waals surface area contributed by atoms with Crippen LogP contribution >= 0.6 is 0 Å². The summed E-state index contributed by atoms with van der Waals surface area (Å²) in [4.78, 5) is 5.25. The van der Waals surface area contributed by atoms with Crippen LogP contribution < -0.4 is 4.90 Å². The minimum Gasteiger partial charge on any atom is -0.369 e. The van der Waals surface area contributed by atoms with Crippen LogP contribution in [0.5, 0.6) is 0 Å². The minimum atomic E-state index is 0.626. The monoisotopic (exact) mass is 272 g/mol. The fraction of sp³-hybridized carbons (Fsp3) is 0.667. The van der Waals surface area contributed by atoms with Gasteiger partial charge < -0.3 is 4.90 Å². The summed E-state index contributed by atoms with van der Waals surface area (Å²) in [5.74, 6) is 1.59. The molecule has 3 rings (SSSR count). The van der Waals surface area contributed by atoms with Crippen LogP contribution in [-0.4, -0.2) is 37.1 Å². The second-order valence-electron chi connectivity index (χ2n) is 7.00. The average Bonchev–Trinajstić information content (AvgIpc) is 2.44. The zero-order chi connectivity index (χ0) is 14.1. The first-order valence-electron chi connectivity index (χ1n) is 8.22. The van der Waals surface area contributed by atoms with Gasteiger partial charge in [-0.2, -0.15) is 0 Å². The van der Waals surface area contributed by atoms with Crippen molar-refractivity contribution in [2.24, 2.45) is 5.92 Å². The van der Waals surface area contributed by atoms with Gasteiger partial charge in [0.25, 0.3) is 0 Å². The number of rotatable bonds is 3. The Kier molecular flexibility index (Phi) is 4.02. The summed E-state index contributed by atoms with van der Waals surface area (Å²) in [6, 6.07) is 10.1. The molecule has 1 aliphatic heterocycles. The van der Waals surface area contributed by atoms with Gasteiger partial charge in [0.15, 0.2) is 0 Å². The summed E-state index contributed by atoms with van der Waals surface area (Å²) in [6.45, 7) is 11.7. The zero-order valence-corrected chi connectivity index (χ0v) is 13.2. The van der Waals surface area contributed by atoms with Crippen molar-refractivity contribution in [2.75, 3.05) is 31.1 Å². The Morgan fingerprint density at radius 1 is 0.950 bits per heavy atom. The molecular formula is C18H28N2. The molecule has 0 N–H and O–H groups in total. The van der Waals surface area contributed by atoms with Crippen molar-refractivity contribution in [1.82, 2.24) is 4.90 Å². The van der Waals surface area contributed by atoms with E-state index in [4.69, 9.17) is 0 Å². The molecule has 0 spiro atoms. The highest BCUT2D eigenvalue weighted by molar-refractivity contribution is 5.48. The largest absolute Gasteiger partial charge is 0.369 e. The fourth-order valence-electron chi connectivity index (χ4n) is 3.57. The molecule has 2 nitrogen and oxygen atoms in total. The molecule has 1 aromatic carbocycles. The topological polar surface area (TPSA) is 6.48 Å². The summed E-state index contributed by atoms with van der Waals surface area (Å²) in [5.41, 5.74) is 2.84. The van der Waals surface area contributed by atoms with E-state index in [-0.39, 0.29) is 0 Å². The first kappa shape index (κ1) is 13.9. The molecule has 0 radical (unpaired) electrons. The Morgan fingerprint density at radius 3 is 2.05 bits per heavy atom. The fourth-order valence-corrected chi connectivity index (χ4v) is 3.57. The Balaban J connectivity index is 1.55. The lowest BCUT2D eigenvalue weighted by molar-refractivity contribution is 0.0810. The number of nitrogens with zero attached hydrogens (tertiary/aromatic N) is 2. The molecule has 0 atom stereocenters. The lowest BCUT2D eigenvalue weighted by Gasteiger charge is -2.46. The number of anilines is 1. The Labute approximate surface area is 123 Å². The van der Waals surface area contributed by atoms with Gasteiger partial charge in [0.05, 0.1) is 0 Å². The molecule has 1 saturated heterocycles. The van der Waals surface area contributed by atoms with Gasteiger partial charge in [-0.1, -0.05) is 32.9 Å². The van der Waals surface area contributed by atoms with E-state index in [1.54, 1.807) is 0 Å². The van der Waals surface area contributed by atoms with Crippen LogP contribution in [0.3, 0.4) is 0 Å². The lowest BCUT2D eigenvalue weighted by Crippen LogP contribution is -2.53. The van der Waals surface area contributed by atoms with Gasteiger partial charge in [-0.15, -0.1) is 0 Å². The van der Waals surface area contributed by atoms with Gasteiger partial charge in [-0.25, -0.2) is 0 Å². The van der Waals surface area contributed by atoms with Crippen molar-refractivity contribution in [1.29, 1.82) is 0 Å². The van der Waals surface area contributed by atoms with Crippen molar-refractivity contribution in [2.45, 2.75) is 45.6 Å². The quantitative estimate of drug-likeness (QED) is 0.827.